The Morgan fingerprint density at radius 2 is 1.86 bits per heavy atom. The normalized spacial score (nSPS) is 20.5. The third-order valence-electron chi connectivity index (χ3n) is 6.76. The van der Waals surface area contributed by atoms with Crippen molar-refractivity contribution < 1.29 is 23.1 Å². The molecule has 1 aliphatic carbocycles. The van der Waals surface area contributed by atoms with Crippen LogP contribution in [0.2, 0.25) is 0 Å². The van der Waals surface area contributed by atoms with E-state index in [-0.39, 0.29) is 28.3 Å². The first-order valence-electron chi connectivity index (χ1n) is 11.3. The predicted molar refractivity (Wildman–Crippen MR) is 135 cm³/mol. The van der Waals surface area contributed by atoms with Gasteiger partial charge < -0.3 is 15.2 Å². The number of aryl methyl sites for hydroxylation is 1. The molecule has 8 heteroatoms. The number of carboxylic acid groups (broad SMARTS) is 1. The fraction of sp³-hybridized carbons (Fsp3) is 0.222. The molecule has 0 fully saturated rings. The Bertz CT molecular complexity index is 1430. The van der Waals surface area contributed by atoms with Gasteiger partial charge in [-0.3, -0.25) is 4.72 Å². The topological polar surface area (TPSA) is 105 Å². The number of hydrogen-bond donors (Lipinski definition) is 3. The van der Waals surface area contributed by atoms with Gasteiger partial charge >= 0.3 is 5.97 Å². The van der Waals surface area contributed by atoms with Crippen molar-refractivity contribution in [3.63, 3.8) is 0 Å². The molecule has 0 radical (unpaired) electrons. The molecule has 0 bridgehead atoms. The first kappa shape index (κ1) is 23.0. The zero-order valence-corrected chi connectivity index (χ0v) is 20.2. The SMILES string of the molecule is COc1ccc(C)cc1NS(=O)(=O)c1ccc2c(c1)C1C=CCC1[C@@H](c1ccc(C(=O)O)cc1)N2. The molecule has 2 unspecified atom stereocenters. The summed E-state index contributed by atoms with van der Waals surface area (Å²) in [5.74, 6) is -0.251. The van der Waals surface area contributed by atoms with Gasteiger partial charge in [-0.2, -0.15) is 0 Å². The van der Waals surface area contributed by atoms with Crippen molar-refractivity contribution in [1.82, 2.24) is 0 Å². The van der Waals surface area contributed by atoms with Crippen molar-refractivity contribution in [2.24, 2.45) is 5.92 Å². The number of allylic oxidation sites excluding steroid dienone is 2. The molecule has 3 atom stereocenters. The average molecular weight is 491 g/mol. The van der Waals surface area contributed by atoms with Gasteiger partial charge in [-0.25, -0.2) is 13.2 Å². The number of anilines is 2. The molecule has 180 valence electrons. The van der Waals surface area contributed by atoms with E-state index in [0.717, 1.165) is 28.8 Å². The van der Waals surface area contributed by atoms with Gasteiger partial charge in [0.05, 0.1) is 29.3 Å². The number of fused-ring (bicyclic) bond motifs is 3. The summed E-state index contributed by atoms with van der Waals surface area (Å²) in [5, 5.41) is 12.8. The van der Waals surface area contributed by atoms with Gasteiger partial charge in [-0.05, 0) is 78.4 Å². The smallest absolute Gasteiger partial charge is 0.335 e. The minimum atomic E-state index is -3.84. The maximum atomic E-state index is 13.3. The molecule has 3 aromatic rings. The first-order chi connectivity index (χ1) is 16.8. The molecule has 0 aromatic heterocycles. The van der Waals surface area contributed by atoms with Crippen LogP contribution in [0, 0.1) is 12.8 Å². The van der Waals surface area contributed by atoms with E-state index < -0.39 is 16.0 Å². The number of carboxylic acids is 1. The average Bonchev–Trinajstić information content (AvgIpc) is 3.33. The first-order valence-corrected chi connectivity index (χ1v) is 12.8. The molecule has 3 aromatic carbocycles. The van der Waals surface area contributed by atoms with Crippen LogP contribution in [0.4, 0.5) is 11.4 Å². The molecule has 1 heterocycles. The van der Waals surface area contributed by atoms with Crippen LogP contribution >= 0.6 is 0 Å². The van der Waals surface area contributed by atoms with Gasteiger partial charge in [0.15, 0.2) is 0 Å². The quantitative estimate of drug-likeness (QED) is 0.404. The Kier molecular flexibility index (Phi) is 5.76. The molecule has 35 heavy (non-hydrogen) atoms. The zero-order valence-electron chi connectivity index (χ0n) is 19.4. The van der Waals surface area contributed by atoms with E-state index in [0.29, 0.717) is 11.4 Å². The fourth-order valence-corrected chi connectivity index (χ4v) is 6.10. The summed E-state index contributed by atoms with van der Waals surface area (Å²) in [5.41, 5.74) is 4.37. The number of nitrogens with one attached hydrogen (secondary N) is 2. The Balaban J connectivity index is 1.47. The summed E-state index contributed by atoms with van der Waals surface area (Å²) >= 11 is 0. The van der Waals surface area contributed by atoms with Crippen molar-refractivity contribution in [2.45, 2.75) is 30.2 Å². The highest BCUT2D eigenvalue weighted by Crippen LogP contribution is 2.50. The summed E-state index contributed by atoms with van der Waals surface area (Å²) < 4.78 is 34.6. The van der Waals surface area contributed by atoms with E-state index >= 15 is 0 Å². The van der Waals surface area contributed by atoms with Gasteiger partial charge in [0, 0.05) is 11.6 Å². The standard InChI is InChI=1S/C27H26N2O5S/c1-16-6-13-25(34-2)24(14-16)29-35(32,33)19-11-12-23-22(15-19)20-4-3-5-21(20)26(28-23)17-7-9-18(10-8-17)27(30)31/h3-4,6-15,20-21,26,28-29H,5H2,1-2H3,(H,30,31)/t20?,21?,26-/m1/s1. The third-order valence-corrected chi connectivity index (χ3v) is 8.12. The number of methoxy groups -OCH3 is 1. The maximum absolute atomic E-state index is 13.3. The lowest BCUT2D eigenvalue weighted by atomic mass is 9.77. The van der Waals surface area contributed by atoms with Crippen LogP contribution in [0.1, 0.15) is 45.4 Å². The van der Waals surface area contributed by atoms with E-state index in [1.54, 1.807) is 42.5 Å². The van der Waals surface area contributed by atoms with E-state index in [1.165, 1.54) is 7.11 Å². The number of rotatable bonds is 6. The van der Waals surface area contributed by atoms with Crippen molar-refractivity contribution in [3.05, 3.63) is 95.1 Å². The van der Waals surface area contributed by atoms with E-state index in [2.05, 4.69) is 22.2 Å². The van der Waals surface area contributed by atoms with Gasteiger partial charge in [0.25, 0.3) is 10.0 Å². The van der Waals surface area contributed by atoms with Crippen LogP contribution in [-0.4, -0.2) is 26.6 Å². The van der Waals surface area contributed by atoms with Crippen molar-refractivity contribution in [3.8, 4) is 5.75 Å². The molecule has 7 nitrogen and oxygen atoms in total. The summed E-state index contributed by atoms with van der Waals surface area (Å²) in [6.45, 7) is 1.89. The lowest BCUT2D eigenvalue weighted by Crippen LogP contribution is -2.29. The Labute approximate surface area is 204 Å². The number of benzene rings is 3. The molecule has 5 rings (SSSR count). The number of sulfonamides is 1. The summed E-state index contributed by atoms with van der Waals surface area (Å²) in [6.07, 6.45) is 5.11. The number of ether oxygens (including phenoxy) is 1. The minimum Gasteiger partial charge on any atom is -0.495 e. The third kappa shape index (κ3) is 4.25. The number of carbonyl (C=O) groups is 1. The van der Waals surface area contributed by atoms with E-state index in [4.69, 9.17) is 4.74 Å². The highest BCUT2D eigenvalue weighted by Gasteiger charge is 2.38. The van der Waals surface area contributed by atoms with Crippen molar-refractivity contribution >= 4 is 27.4 Å². The van der Waals surface area contributed by atoms with Crippen LogP contribution in [0.3, 0.4) is 0 Å². The minimum absolute atomic E-state index is 0.0116. The van der Waals surface area contributed by atoms with Crippen molar-refractivity contribution in [1.29, 1.82) is 0 Å². The van der Waals surface area contributed by atoms with E-state index in [1.807, 2.05) is 25.1 Å². The molecule has 0 saturated heterocycles. The summed E-state index contributed by atoms with van der Waals surface area (Å²) in [4.78, 5) is 11.4. The molecule has 2 aliphatic rings. The van der Waals surface area contributed by atoms with Gasteiger partial charge in [-0.15, -0.1) is 0 Å². The number of hydrogen-bond acceptors (Lipinski definition) is 5. The maximum Gasteiger partial charge on any atom is 0.335 e. The summed E-state index contributed by atoms with van der Waals surface area (Å²) in [6, 6.07) is 17.4. The molecular weight excluding hydrogens is 464 g/mol. The highest BCUT2D eigenvalue weighted by atomic mass is 32.2. The molecule has 0 spiro atoms. The highest BCUT2D eigenvalue weighted by molar-refractivity contribution is 7.92. The Morgan fingerprint density at radius 3 is 2.57 bits per heavy atom. The molecule has 0 saturated carbocycles. The van der Waals surface area contributed by atoms with Crippen LogP contribution in [0.15, 0.2) is 77.7 Å². The monoisotopic (exact) mass is 490 g/mol. The van der Waals surface area contributed by atoms with Gasteiger partial charge in [0.1, 0.15) is 5.75 Å². The van der Waals surface area contributed by atoms with E-state index in [9.17, 15) is 18.3 Å². The van der Waals surface area contributed by atoms with Crippen molar-refractivity contribution in [2.75, 3.05) is 17.1 Å². The number of aromatic carboxylic acids is 1. The molecule has 0 amide bonds. The van der Waals surface area contributed by atoms with Gasteiger partial charge in [-0.1, -0.05) is 30.4 Å². The second kappa shape index (κ2) is 8.78. The van der Waals surface area contributed by atoms with Crippen LogP contribution < -0.4 is 14.8 Å². The fourth-order valence-electron chi connectivity index (χ4n) is 5.01. The second-order valence-corrected chi connectivity index (χ2v) is 10.6. The lowest BCUT2D eigenvalue weighted by molar-refractivity contribution is 0.0697. The lowest BCUT2D eigenvalue weighted by Gasteiger charge is -2.37. The zero-order chi connectivity index (χ0) is 24.7. The van der Waals surface area contributed by atoms with Crippen LogP contribution in [-0.2, 0) is 10.0 Å². The summed E-state index contributed by atoms with van der Waals surface area (Å²) in [7, 11) is -2.34. The molecule has 3 N–H and O–H groups in total. The van der Waals surface area contributed by atoms with Crippen LogP contribution in [0.25, 0.3) is 0 Å². The predicted octanol–water partition coefficient (Wildman–Crippen LogP) is 5.33. The second-order valence-electron chi connectivity index (χ2n) is 8.96. The largest absolute Gasteiger partial charge is 0.495 e. The van der Waals surface area contributed by atoms with Crippen LogP contribution in [0.5, 0.6) is 5.75 Å². The van der Waals surface area contributed by atoms with Gasteiger partial charge in [0.2, 0.25) is 0 Å². The Morgan fingerprint density at radius 1 is 1.09 bits per heavy atom. The molecule has 1 aliphatic heterocycles. The Hall–Kier alpha value is -3.78. The molecular formula is C27H26N2O5S.